The average molecular weight is 174 g/mol. The highest BCUT2D eigenvalue weighted by Gasteiger charge is 2.37. The maximum atomic E-state index is 10.8. The molecule has 1 aliphatic rings. The summed E-state index contributed by atoms with van der Waals surface area (Å²) < 4.78 is 0. The second-order valence-electron chi connectivity index (χ2n) is 3.76. The molecule has 0 amide bonds. The first-order valence-corrected chi connectivity index (χ1v) is 4.91. The van der Waals surface area contributed by atoms with Crippen LogP contribution < -0.4 is 0 Å². The molecule has 2 atom stereocenters. The number of rotatable bonds is 3. The zero-order chi connectivity index (χ0) is 9.26. The highest BCUT2D eigenvalue weighted by atomic mass is 16.1. The molecule has 1 heteroatoms. The van der Waals surface area contributed by atoms with Gasteiger partial charge in [0.2, 0.25) is 0 Å². The Labute approximate surface area is 78.8 Å². The van der Waals surface area contributed by atoms with Crippen LogP contribution in [0.15, 0.2) is 24.3 Å². The van der Waals surface area contributed by atoms with E-state index in [0.29, 0.717) is 5.92 Å². The summed E-state index contributed by atoms with van der Waals surface area (Å²) in [6.45, 7) is 2.22. The van der Waals surface area contributed by atoms with Gasteiger partial charge in [0.25, 0.3) is 0 Å². The third-order valence-corrected chi connectivity index (χ3v) is 2.97. The van der Waals surface area contributed by atoms with Crippen LogP contribution in [-0.2, 0) is 0 Å². The maximum Gasteiger partial charge on any atom is 0.150 e. The van der Waals surface area contributed by atoms with E-state index in [-0.39, 0.29) is 0 Å². The molecular weight excluding hydrogens is 160 g/mol. The van der Waals surface area contributed by atoms with Crippen LogP contribution >= 0.6 is 0 Å². The average Bonchev–Trinajstić information content (AvgIpc) is 2.96. The van der Waals surface area contributed by atoms with Crippen molar-refractivity contribution in [2.45, 2.75) is 25.7 Å². The van der Waals surface area contributed by atoms with E-state index in [4.69, 9.17) is 0 Å². The monoisotopic (exact) mass is 174 g/mol. The Kier molecular flexibility index (Phi) is 2.17. The number of aldehydes is 1. The second-order valence-corrected chi connectivity index (χ2v) is 3.76. The minimum atomic E-state index is 0.659. The zero-order valence-electron chi connectivity index (χ0n) is 7.86. The van der Waals surface area contributed by atoms with E-state index in [1.165, 1.54) is 18.4 Å². The van der Waals surface area contributed by atoms with Gasteiger partial charge >= 0.3 is 0 Å². The van der Waals surface area contributed by atoms with Crippen molar-refractivity contribution in [1.29, 1.82) is 0 Å². The fourth-order valence-electron chi connectivity index (χ4n) is 2.04. The summed E-state index contributed by atoms with van der Waals surface area (Å²) in [6.07, 6.45) is 3.47. The molecule has 68 valence electrons. The Hall–Kier alpha value is -1.11. The standard InChI is InChI=1S/C12H14O/c1-2-9-7-12(9)11-6-4-3-5-10(11)8-13/h3-6,8-9,12H,2,7H2,1H3. The van der Waals surface area contributed by atoms with Crippen LogP contribution in [0, 0.1) is 5.92 Å². The Morgan fingerprint density at radius 1 is 1.46 bits per heavy atom. The molecule has 1 aromatic rings. The van der Waals surface area contributed by atoms with Gasteiger partial charge in [0.15, 0.2) is 0 Å². The molecule has 0 aromatic heterocycles. The van der Waals surface area contributed by atoms with Crippen LogP contribution in [0.5, 0.6) is 0 Å². The van der Waals surface area contributed by atoms with Gasteiger partial charge in [-0.05, 0) is 23.8 Å². The second kappa shape index (κ2) is 3.33. The van der Waals surface area contributed by atoms with Crippen LogP contribution in [0.25, 0.3) is 0 Å². The van der Waals surface area contributed by atoms with E-state index < -0.39 is 0 Å². The first-order chi connectivity index (χ1) is 6.36. The van der Waals surface area contributed by atoms with Crippen molar-refractivity contribution in [2.24, 2.45) is 5.92 Å². The molecule has 0 N–H and O–H groups in total. The lowest BCUT2D eigenvalue weighted by atomic mass is 10.0. The number of carbonyl (C=O) groups is 1. The zero-order valence-corrected chi connectivity index (χ0v) is 7.86. The smallest absolute Gasteiger partial charge is 0.150 e. The Morgan fingerprint density at radius 3 is 2.85 bits per heavy atom. The molecule has 1 nitrogen and oxygen atoms in total. The summed E-state index contributed by atoms with van der Waals surface area (Å²) in [4.78, 5) is 10.8. The van der Waals surface area contributed by atoms with E-state index in [2.05, 4.69) is 13.0 Å². The summed E-state index contributed by atoms with van der Waals surface area (Å²) in [5.41, 5.74) is 2.13. The van der Waals surface area contributed by atoms with Gasteiger partial charge in [-0.1, -0.05) is 37.6 Å². The quantitative estimate of drug-likeness (QED) is 0.644. The normalized spacial score (nSPS) is 25.6. The van der Waals surface area contributed by atoms with Gasteiger partial charge in [0.05, 0.1) is 0 Å². The van der Waals surface area contributed by atoms with Gasteiger partial charge in [-0.15, -0.1) is 0 Å². The van der Waals surface area contributed by atoms with Crippen LogP contribution in [0.2, 0.25) is 0 Å². The molecule has 2 rings (SSSR count). The number of hydrogen-bond donors (Lipinski definition) is 0. The molecule has 0 bridgehead atoms. The summed E-state index contributed by atoms with van der Waals surface area (Å²) >= 11 is 0. The fourth-order valence-corrected chi connectivity index (χ4v) is 2.04. The Bertz CT molecular complexity index is 317. The van der Waals surface area contributed by atoms with Crippen LogP contribution in [0.4, 0.5) is 0 Å². The lowest BCUT2D eigenvalue weighted by molar-refractivity contribution is 0.112. The molecule has 0 spiro atoms. The Balaban J connectivity index is 2.25. The number of benzene rings is 1. The first-order valence-electron chi connectivity index (χ1n) is 4.91. The molecular formula is C12H14O. The molecule has 13 heavy (non-hydrogen) atoms. The topological polar surface area (TPSA) is 17.1 Å². The van der Waals surface area contributed by atoms with Crippen molar-refractivity contribution >= 4 is 6.29 Å². The first kappa shape index (κ1) is 8.49. The van der Waals surface area contributed by atoms with E-state index in [9.17, 15) is 4.79 Å². The van der Waals surface area contributed by atoms with Crippen molar-refractivity contribution < 1.29 is 4.79 Å². The van der Waals surface area contributed by atoms with Gasteiger partial charge < -0.3 is 0 Å². The lowest BCUT2D eigenvalue weighted by Gasteiger charge is -2.01. The predicted molar refractivity (Wildman–Crippen MR) is 53.0 cm³/mol. The fraction of sp³-hybridized carbons (Fsp3) is 0.417. The molecule has 1 saturated carbocycles. The van der Waals surface area contributed by atoms with Crippen molar-refractivity contribution in [1.82, 2.24) is 0 Å². The Morgan fingerprint density at radius 2 is 2.23 bits per heavy atom. The third kappa shape index (κ3) is 1.51. The molecule has 0 aliphatic heterocycles. The van der Waals surface area contributed by atoms with Gasteiger partial charge in [0.1, 0.15) is 6.29 Å². The summed E-state index contributed by atoms with van der Waals surface area (Å²) in [6, 6.07) is 7.95. The van der Waals surface area contributed by atoms with Gasteiger partial charge in [-0.3, -0.25) is 4.79 Å². The minimum absolute atomic E-state index is 0.659. The van der Waals surface area contributed by atoms with E-state index in [1.807, 2.05) is 18.2 Å². The molecule has 1 aliphatic carbocycles. The molecule has 0 radical (unpaired) electrons. The van der Waals surface area contributed by atoms with Gasteiger partial charge in [0, 0.05) is 5.56 Å². The van der Waals surface area contributed by atoms with Crippen molar-refractivity contribution in [3.8, 4) is 0 Å². The van der Waals surface area contributed by atoms with Crippen LogP contribution in [0.3, 0.4) is 0 Å². The lowest BCUT2D eigenvalue weighted by Crippen LogP contribution is -1.90. The summed E-state index contributed by atoms with van der Waals surface area (Å²) in [5.74, 6) is 1.48. The van der Waals surface area contributed by atoms with Crippen molar-refractivity contribution in [3.05, 3.63) is 35.4 Å². The summed E-state index contributed by atoms with van der Waals surface area (Å²) in [7, 11) is 0. The van der Waals surface area contributed by atoms with E-state index >= 15 is 0 Å². The summed E-state index contributed by atoms with van der Waals surface area (Å²) in [5, 5.41) is 0. The number of hydrogen-bond acceptors (Lipinski definition) is 1. The molecule has 0 saturated heterocycles. The molecule has 2 unspecified atom stereocenters. The van der Waals surface area contributed by atoms with Gasteiger partial charge in [-0.25, -0.2) is 0 Å². The molecule has 1 aromatic carbocycles. The molecule has 1 fully saturated rings. The number of carbonyl (C=O) groups excluding carboxylic acids is 1. The highest BCUT2D eigenvalue weighted by Crippen LogP contribution is 2.50. The maximum absolute atomic E-state index is 10.8. The van der Waals surface area contributed by atoms with E-state index in [1.54, 1.807) is 0 Å². The van der Waals surface area contributed by atoms with Crippen LogP contribution in [-0.4, -0.2) is 6.29 Å². The van der Waals surface area contributed by atoms with Crippen LogP contribution in [0.1, 0.15) is 41.6 Å². The third-order valence-electron chi connectivity index (χ3n) is 2.97. The minimum Gasteiger partial charge on any atom is -0.298 e. The van der Waals surface area contributed by atoms with E-state index in [0.717, 1.165) is 17.8 Å². The van der Waals surface area contributed by atoms with Gasteiger partial charge in [-0.2, -0.15) is 0 Å². The predicted octanol–water partition coefficient (Wildman–Crippen LogP) is 3.01. The SMILES string of the molecule is CCC1CC1c1ccccc1C=O. The van der Waals surface area contributed by atoms with Crippen molar-refractivity contribution in [3.63, 3.8) is 0 Å². The van der Waals surface area contributed by atoms with Crippen molar-refractivity contribution in [2.75, 3.05) is 0 Å². The largest absolute Gasteiger partial charge is 0.298 e. The highest BCUT2D eigenvalue weighted by molar-refractivity contribution is 5.77. The molecule has 0 heterocycles.